The molecule has 2 aromatic rings. The van der Waals surface area contributed by atoms with Crippen molar-refractivity contribution < 1.29 is 14.4 Å². The molecule has 2 N–H and O–H groups in total. The van der Waals surface area contributed by atoms with Crippen LogP contribution < -0.4 is 10.6 Å². The Hall–Kier alpha value is -1.91. The molecule has 1 aromatic carbocycles. The smallest absolute Gasteiger partial charge is 0.237 e. The van der Waals surface area contributed by atoms with Crippen molar-refractivity contribution in [2.75, 3.05) is 17.6 Å². The molecule has 0 spiro atoms. The average molecular weight is 439 g/mol. The van der Waals surface area contributed by atoms with Crippen molar-refractivity contribution in [1.29, 1.82) is 0 Å². The minimum Gasteiger partial charge on any atom is -0.355 e. The van der Waals surface area contributed by atoms with Crippen molar-refractivity contribution in [3.8, 4) is 0 Å². The molecule has 1 unspecified atom stereocenters. The number of thioether (sulfide) groups is 2. The first-order valence-corrected chi connectivity index (χ1v) is 11.4. The SMILES string of the molecule is CCCNC(=O)CSc1nnc(SC(C)C(=O)Nc2ccccc2C(C)=O)s1. The van der Waals surface area contributed by atoms with Crippen molar-refractivity contribution in [3.05, 3.63) is 29.8 Å². The molecule has 1 heterocycles. The van der Waals surface area contributed by atoms with Crippen molar-refractivity contribution in [3.63, 3.8) is 0 Å². The molecule has 0 saturated carbocycles. The quantitative estimate of drug-likeness (QED) is 0.432. The number of carbonyl (C=O) groups is 3. The Balaban J connectivity index is 1.88. The second kappa shape index (κ2) is 11.2. The van der Waals surface area contributed by atoms with Gasteiger partial charge in [0.1, 0.15) is 0 Å². The first-order chi connectivity index (χ1) is 13.4. The molecule has 28 heavy (non-hydrogen) atoms. The summed E-state index contributed by atoms with van der Waals surface area (Å²) in [7, 11) is 0. The molecule has 10 heteroatoms. The zero-order valence-electron chi connectivity index (χ0n) is 15.9. The summed E-state index contributed by atoms with van der Waals surface area (Å²) >= 11 is 3.96. The van der Waals surface area contributed by atoms with E-state index >= 15 is 0 Å². The molecule has 2 rings (SSSR count). The van der Waals surface area contributed by atoms with Gasteiger partial charge in [0, 0.05) is 12.1 Å². The van der Waals surface area contributed by atoms with E-state index in [4.69, 9.17) is 0 Å². The highest BCUT2D eigenvalue weighted by Gasteiger charge is 2.19. The molecule has 0 aliphatic carbocycles. The zero-order chi connectivity index (χ0) is 20.5. The third kappa shape index (κ3) is 6.92. The van der Waals surface area contributed by atoms with Gasteiger partial charge >= 0.3 is 0 Å². The highest BCUT2D eigenvalue weighted by atomic mass is 32.2. The molecule has 2 amide bonds. The monoisotopic (exact) mass is 438 g/mol. The van der Waals surface area contributed by atoms with Gasteiger partial charge in [0.05, 0.1) is 16.7 Å². The topological polar surface area (TPSA) is 101 Å². The predicted molar refractivity (Wildman–Crippen MR) is 114 cm³/mol. The summed E-state index contributed by atoms with van der Waals surface area (Å²) in [5, 5.41) is 13.3. The molecule has 0 aliphatic rings. The lowest BCUT2D eigenvalue weighted by Crippen LogP contribution is -2.25. The van der Waals surface area contributed by atoms with Crippen LogP contribution in [0.25, 0.3) is 0 Å². The van der Waals surface area contributed by atoms with E-state index in [0.717, 1.165) is 6.42 Å². The first kappa shape index (κ1) is 22.4. The number of nitrogens with one attached hydrogen (secondary N) is 2. The Morgan fingerprint density at radius 3 is 2.61 bits per heavy atom. The molecular formula is C18H22N4O3S3. The number of nitrogens with zero attached hydrogens (tertiary/aromatic N) is 2. The van der Waals surface area contributed by atoms with Crippen LogP contribution in [0.4, 0.5) is 5.69 Å². The van der Waals surface area contributed by atoms with Gasteiger partial charge in [-0.1, -0.05) is 53.9 Å². The van der Waals surface area contributed by atoms with Gasteiger partial charge in [-0.05, 0) is 32.4 Å². The summed E-state index contributed by atoms with van der Waals surface area (Å²) in [5.74, 6) is -0.0721. The maximum atomic E-state index is 12.5. The number of amides is 2. The zero-order valence-corrected chi connectivity index (χ0v) is 18.3. The maximum Gasteiger partial charge on any atom is 0.237 e. The molecule has 0 radical (unpaired) electrons. The fourth-order valence-electron chi connectivity index (χ4n) is 2.08. The second-order valence-corrected chi connectivity index (χ2v) is 9.61. The van der Waals surface area contributed by atoms with E-state index in [0.29, 0.717) is 26.5 Å². The standard InChI is InChI=1S/C18H22N4O3S3/c1-4-9-19-15(24)10-26-17-21-22-18(28-17)27-12(3)16(25)20-14-8-6-5-7-13(14)11(2)23/h5-8,12H,4,9-10H2,1-3H3,(H,19,24)(H,20,25). The van der Waals surface area contributed by atoms with Crippen LogP contribution in [0.1, 0.15) is 37.6 Å². The lowest BCUT2D eigenvalue weighted by molar-refractivity contribution is -0.118. The van der Waals surface area contributed by atoms with E-state index in [1.807, 2.05) is 6.92 Å². The van der Waals surface area contributed by atoms with Gasteiger partial charge in [-0.25, -0.2) is 0 Å². The number of rotatable bonds is 10. The third-order valence-corrected chi connectivity index (χ3v) is 6.74. The number of anilines is 1. The third-order valence-electron chi connectivity index (χ3n) is 3.50. The summed E-state index contributed by atoms with van der Waals surface area (Å²) in [6.45, 7) is 5.89. The molecule has 0 saturated heterocycles. The fraction of sp³-hybridized carbons (Fsp3) is 0.389. The van der Waals surface area contributed by atoms with Crippen molar-refractivity contribution in [2.24, 2.45) is 0 Å². The van der Waals surface area contributed by atoms with Gasteiger partial charge in [0.2, 0.25) is 11.8 Å². The number of Topliss-reactive ketones (excluding diaryl/α,β-unsaturated/α-hetero) is 1. The summed E-state index contributed by atoms with van der Waals surface area (Å²) in [5.41, 5.74) is 0.975. The Kier molecular flexibility index (Phi) is 8.94. The van der Waals surface area contributed by atoms with E-state index in [1.165, 1.54) is 41.8 Å². The van der Waals surface area contributed by atoms with E-state index in [9.17, 15) is 14.4 Å². The predicted octanol–water partition coefficient (Wildman–Crippen LogP) is 3.48. The minimum absolute atomic E-state index is 0.0341. The Bertz CT molecular complexity index is 841. The number of hydrogen-bond donors (Lipinski definition) is 2. The molecule has 150 valence electrons. The lowest BCUT2D eigenvalue weighted by Gasteiger charge is -2.12. The van der Waals surface area contributed by atoms with Crippen LogP contribution in [0.15, 0.2) is 32.9 Å². The second-order valence-electron chi connectivity index (χ2n) is 5.82. The highest BCUT2D eigenvalue weighted by Crippen LogP contribution is 2.31. The van der Waals surface area contributed by atoms with Crippen molar-refractivity contribution in [2.45, 2.75) is 41.1 Å². The fourth-order valence-corrected chi connectivity index (χ4v) is 5.08. The van der Waals surface area contributed by atoms with E-state index in [2.05, 4.69) is 20.8 Å². The van der Waals surface area contributed by atoms with Crippen molar-refractivity contribution in [1.82, 2.24) is 15.5 Å². The van der Waals surface area contributed by atoms with Gasteiger partial charge in [0.25, 0.3) is 0 Å². The summed E-state index contributed by atoms with van der Waals surface area (Å²) in [6, 6.07) is 6.91. The van der Waals surface area contributed by atoms with Crippen LogP contribution >= 0.6 is 34.9 Å². The van der Waals surface area contributed by atoms with Crippen LogP contribution in [0.2, 0.25) is 0 Å². The van der Waals surface area contributed by atoms with Crippen LogP contribution in [0.5, 0.6) is 0 Å². The van der Waals surface area contributed by atoms with Gasteiger partial charge < -0.3 is 10.6 Å². The summed E-state index contributed by atoms with van der Waals surface area (Å²) in [4.78, 5) is 35.8. The number of para-hydroxylation sites is 1. The molecule has 1 aromatic heterocycles. The molecule has 7 nitrogen and oxygen atoms in total. The van der Waals surface area contributed by atoms with Gasteiger partial charge in [-0.3, -0.25) is 14.4 Å². The van der Waals surface area contributed by atoms with Crippen LogP contribution in [0.3, 0.4) is 0 Å². The summed E-state index contributed by atoms with van der Waals surface area (Å²) < 4.78 is 1.34. The first-order valence-electron chi connectivity index (χ1n) is 8.71. The van der Waals surface area contributed by atoms with Gasteiger partial charge in [-0.2, -0.15) is 0 Å². The maximum absolute atomic E-state index is 12.5. The lowest BCUT2D eigenvalue weighted by atomic mass is 10.1. The molecule has 0 bridgehead atoms. The normalized spacial score (nSPS) is 11.7. The Labute approximate surface area is 176 Å². The van der Waals surface area contributed by atoms with Gasteiger partial charge in [-0.15, -0.1) is 10.2 Å². The van der Waals surface area contributed by atoms with Crippen LogP contribution in [0, 0.1) is 0 Å². The van der Waals surface area contributed by atoms with E-state index < -0.39 is 5.25 Å². The summed E-state index contributed by atoms with van der Waals surface area (Å²) in [6.07, 6.45) is 0.896. The van der Waals surface area contributed by atoms with E-state index in [-0.39, 0.29) is 23.4 Å². The van der Waals surface area contributed by atoms with Crippen LogP contribution in [-0.2, 0) is 9.59 Å². The molecule has 1 atom stereocenters. The Morgan fingerprint density at radius 2 is 1.89 bits per heavy atom. The molecule has 0 fully saturated rings. The van der Waals surface area contributed by atoms with Gasteiger partial charge in [0.15, 0.2) is 14.5 Å². The minimum atomic E-state index is -0.418. The molecule has 0 aliphatic heterocycles. The number of benzene rings is 1. The number of hydrogen-bond acceptors (Lipinski definition) is 8. The van der Waals surface area contributed by atoms with E-state index in [1.54, 1.807) is 31.2 Å². The highest BCUT2D eigenvalue weighted by molar-refractivity contribution is 8.04. The molecular weight excluding hydrogens is 416 g/mol. The Morgan fingerprint density at radius 1 is 1.18 bits per heavy atom. The van der Waals surface area contributed by atoms with Crippen LogP contribution in [-0.4, -0.2) is 45.3 Å². The number of carbonyl (C=O) groups excluding carboxylic acids is 3. The van der Waals surface area contributed by atoms with Crippen molar-refractivity contribution >= 4 is 58.1 Å². The average Bonchev–Trinajstić information content (AvgIpc) is 3.12. The number of ketones is 1. The number of aromatic nitrogens is 2. The largest absolute Gasteiger partial charge is 0.355 e.